The molecule has 19 heavy (non-hydrogen) atoms. The minimum absolute atomic E-state index is 0.717. The maximum atomic E-state index is 3.83. The summed E-state index contributed by atoms with van der Waals surface area (Å²) < 4.78 is 0. The molecular weight excluding hydrogens is 232 g/mol. The van der Waals surface area contributed by atoms with E-state index in [9.17, 15) is 0 Å². The Hall–Kier alpha value is -0.0800. The standard InChI is InChI=1S/C17H34N2/c1-5-7-13(3)11-19-12-16(14(4)6-2)18-10-17(19)15-8-9-15/h13-18H,5-12H2,1-4H3. The SMILES string of the molecule is CCCC(C)CN1CC(C(C)CC)NCC1C1CC1. The molecule has 0 aromatic heterocycles. The van der Waals surface area contributed by atoms with E-state index < -0.39 is 0 Å². The van der Waals surface area contributed by atoms with Crippen molar-refractivity contribution in [2.24, 2.45) is 17.8 Å². The highest BCUT2D eigenvalue weighted by Gasteiger charge is 2.39. The molecule has 1 aliphatic carbocycles. The molecule has 4 unspecified atom stereocenters. The maximum Gasteiger partial charge on any atom is 0.0249 e. The second-order valence-corrected chi connectivity index (χ2v) is 7.15. The van der Waals surface area contributed by atoms with Gasteiger partial charge < -0.3 is 5.32 Å². The lowest BCUT2D eigenvalue weighted by atomic mass is 9.93. The second kappa shape index (κ2) is 7.08. The highest BCUT2D eigenvalue weighted by Crippen LogP contribution is 2.37. The van der Waals surface area contributed by atoms with Crippen molar-refractivity contribution < 1.29 is 0 Å². The van der Waals surface area contributed by atoms with Gasteiger partial charge in [-0.1, -0.05) is 40.5 Å². The number of rotatable bonds is 7. The van der Waals surface area contributed by atoms with E-state index in [0.29, 0.717) is 6.04 Å². The van der Waals surface area contributed by atoms with Crippen molar-refractivity contribution >= 4 is 0 Å². The first kappa shape index (κ1) is 15.3. The Morgan fingerprint density at radius 3 is 2.53 bits per heavy atom. The quantitative estimate of drug-likeness (QED) is 0.758. The van der Waals surface area contributed by atoms with E-state index in [1.165, 1.54) is 51.7 Å². The minimum Gasteiger partial charge on any atom is -0.311 e. The molecule has 1 heterocycles. The first-order chi connectivity index (χ1) is 9.15. The highest BCUT2D eigenvalue weighted by molar-refractivity contribution is 4.96. The fourth-order valence-corrected chi connectivity index (χ4v) is 3.66. The Morgan fingerprint density at radius 2 is 1.95 bits per heavy atom. The molecule has 112 valence electrons. The fraction of sp³-hybridized carbons (Fsp3) is 1.00. The third kappa shape index (κ3) is 4.19. The molecule has 2 aliphatic rings. The lowest BCUT2D eigenvalue weighted by Gasteiger charge is -2.43. The van der Waals surface area contributed by atoms with Gasteiger partial charge in [-0.05, 0) is 37.0 Å². The van der Waals surface area contributed by atoms with Gasteiger partial charge in [0, 0.05) is 31.7 Å². The number of nitrogens with zero attached hydrogens (tertiary/aromatic N) is 1. The molecule has 1 aliphatic heterocycles. The van der Waals surface area contributed by atoms with Gasteiger partial charge in [0.2, 0.25) is 0 Å². The molecule has 2 fully saturated rings. The molecule has 4 atom stereocenters. The predicted octanol–water partition coefficient (Wildman–Crippen LogP) is 3.52. The van der Waals surface area contributed by atoms with E-state index in [0.717, 1.165) is 23.8 Å². The highest BCUT2D eigenvalue weighted by atomic mass is 15.2. The molecule has 2 heteroatoms. The molecule has 0 aromatic rings. The van der Waals surface area contributed by atoms with E-state index in [1.54, 1.807) is 0 Å². The van der Waals surface area contributed by atoms with Gasteiger partial charge in [-0.2, -0.15) is 0 Å². The van der Waals surface area contributed by atoms with Crippen LogP contribution in [0.4, 0.5) is 0 Å². The Balaban J connectivity index is 1.92. The number of hydrogen-bond acceptors (Lipinski definition) is 2. The first-order valence-electron chi connectivity index (χ1n) is 8.63. The average Bonchev–Trinajstić information content (AvgIpc) is 3.22. The molecule has 0 radical (unpaired) electrons. The zero-order valence-corrected chi connectivity index (χ0v) is 13.5. The van der Waals surface area contributed by atoms with Crippen molar-refractivity contribution in [2.75, 3.05) is 19.6 Å². The number of nitrogens with one attached hydrogen (secondary N) is 1. The summed E-state index contributed by atoms with van der Waals surface area (Å²) in [6, 6.07) is 1.55. The Kier molecular flexibility index (Phi) is 5.70. The van der Waals surface area contributed by atoms with Gasteiger partial charge in [-0.25, -0.2) is 0 Å². The van der Waals surface area contributed by atoms with Crippen molar-refractivity contribution in [3.8, 4) is 0 Å². The molecule has 1 N–H and O–H groups in total. The third-order valence-electron chi connectivity index (χ3n) is 5.31. The lowest BCUT2D eigenvalue weighted by Crippen LogP contribution is -2.59. The smallest absolute Gasteiger partial charge is 0.0249 e. The predicted molar refractivity (Wildman–Crippen MR) is 83.4 cm³/mol. The van der Waals surface area contributed by atoms with E-state index in [-0.39, 0.29) is 0 Å². The molecule has 2 rings (SSSR count). The summed E-state index contributed by atoms with van der Waals surface area (Å²) in [5, 5.41) is 3.83. The zero-order chi connectivity index (χ0) is 13.8. The lowest BCUT2D eigenvalue weighted by molar-refractivity contribution is 0.0809. The summed E-state index contributed by atoms with van der Waals surface area (Å²) in [6.45, 7) is 13.3. The number of piperazine rings is 1. The van der Waals surface area contributed by atoms with Crippen LogP contribution in [-0.2, 0) is 0 Å². The zero-order valence-electron chi connectivity index (χ0n) is 13.5. The topological polar surface area (TPSA) is 15.3 Å². The average molecular weight is 266 g/mol. The van der Waals surface area contributed by atoms with Crippen LogP contribution in [0.2, 0.25) is 0 Å². The first-order valence-corrected chi connectivity index (χ1v) is 8.63. The normalized spacial score (nSPS) is 32.2. The molecule has 2 nitrogen and oxygen atoms in total. The second-order valence-electron chi connectivity index (χ2n) is 7.15. The summed E-state index contributed by atoms with van der Waals surface area (Å²) in [5.74, 6) is 2.67. The van der Waals surface area contributed by atoms with Crippen molar-refractivity contribution in [3.05, 3.63) is 0 Å². The van der Waals surface area contributed by atoms with Gasteiger partial charge in [-0.3, -0.25) is 4.90 Å². The molecule has 0 aromatic carbocycles. The van der Waals surface area contributed by atoms with Crippen LogP contribution in [0.5, 0.6) is 0 Å². The van der Waals surface area contributed by atoms with Crippen molar-refractivity contribution in [1.29, 1.82) is 0 Å². The van der Waals surface area contributed by atoms with Crippen LogP contribution in [0.25, 0.3) is 0 Å². The summed E-state index contributed by atoms with van der Waals surface area (Å²) in [5.41, 5.74) is 0. The van der Waals surface area contributed by atoms with E-state index in [4.69, 9.17) is 0 Å². The van der Waals surface area contributed by atoms with Crippen LogP contribution in [0.15, 0.2) is 0 Å². The van der Waals surface area contributed by atoms with Gasteiger partial charge in [0.05, 0.1) is 0 Å². The monoisotopic (exact) mass is 266 g/mol. The van der Waals surface area contributed by atoms with Crippen molar-refractivity contribution in [1.82, 2.24) is 10.2 Å². The molecule has 0 bridgehead atoms. The van der Waals surface area contributed by atoms with Crippen LogP contribution >= 0.6 is 0 Å². The summed E-state index contributed by atoms with van der Waals surface area (Å²) in [4.78, 5) is 2.84. The summed E-state index contributed by atoms with van der Waals surface area (Å²) in [6.07, 6.45) is 6.95. The summed E-state index contributed by atoms with van der Waals surface area (Å²) in [7, 11) is 0. The van der Waals surface area contributed by atoms with Crippen LogP contribution < -0.4 is 5.32 Å². The largest absolute Gasteiger partial charge is 0.311 e. The molecular formula is C17H34N2. The number of hydrogen-bond donors (Lipinski definition) is 1. The van der Waals surface area contributed by atoms with Gasteiger partial charge in [0.1, 0.15) is 0 Å². The Labute approximate surface area is 120 Å². The van der Waals surface area contributed by atoms with Crippen molar-refractivity contribution in [2.45, 2.75) is 71.9 Å². The third-order valence-corrected chi connectivity index (χ3v) is 5.31. The van der Waals surface area contributed by atoms with E-state index in [2.05, 4.69) is 37.9 Å². The van der Waals surface area contributed by atoms with E-state index >= 15 is 0 Å². The van der Waals surface area contributed by atoms with Crippen molar-refractivity contribution in [3.63, 3.8) is 0 Å². The van der Waals surface area contributed by atoms with Gasteiger partial charge in [0.25, 0.3) is 0 Å². The van der Waals surface area contributed by atoms with Crippen LogP contribution in [0.3, 0.4) is 0 Å². The van der Waals surface area contributed by atoms with Crippen LogP contribution in [0.1, 0.15) is 59.8 Å². The van der Waals surface area contributed by atoms with Gasteiger partial charge in [-0.15, -0.1) is 0 Å². The van der Waals surface area contributed by atoms with Crippen LogP contribution in [-0.4, -0.2) is 36.6 Å². The van der Waals surface area contributed by atoms with Gasteiger partial charge in [0.15, 0.2) is 0 Å². The van der Waals surface area contributed by atoms with Gasteiger partial charge >= 0.3 is 0 Å². The Bertz CT molecular complexity index is 262. The molecule has 0 amide bonds. The molecule has 1 saturated heterocycles. The minimum atomic E-state index is 0.717. The van der Waals surface area contributed by atoms with E-state index in [1.807, 2.05) is 0 Å². The summed E-state index contributed by atoms with van der Waals surface area (Å²) >= 11 is 0. The fourth-order valence-electron chi connectivity index (χ4n) is 3.66. The maximum absolute atomic E-state index is 3.83. The molecule has 0 spiro atoms. The Morgan fingerprint density at radius 1 is 1.21 bits per heavy atom. The molecule has 1 saturated carbocycles. The van der Waals surface area contributed by atoms with Crippen LogP contribution in [0, 0.1) is 17.8 Å².